The van der Waals surface area contributed by atoms with Crippen molar-refractivity contribution >= 4 is 16.1 Å². The van der Waals surface area contributed by atoms with E-state index in [0.717, 1.165) is 25.7 Å². The normalized spacial score (nSPS) is 17.9. The van der Waals surface area contributed by atoms with Gasteiger partial charge in [-0.05, 0) is 19.3 Å². The van der Waals surface area contributed by atoms with Crippen molar-refractivity contribution in [3.05, 3.63) is 0 Å². The maximum absolute atomic E-state index is 11.3. The Morgan fingerprint density at radius 1 is 1.33 bits per heavy atom. The smallest absolute Gasteiger partial charge is 0.308 e. The molecule has 1 aliphatic carbocycles. The van der Waals surface area contributed by atoms with Gasteiger partial charge < -0.3 is 4.74 Å². The molecule has 0 saturated heterocycles. The second-order valence-corrected chi connectivity index (χ2v) is 5.36. The van der Waals surface area contributed by atoms with Crippen LogP contribution in [0.2, 0.25) is 0 Å². The zero-order chi connectivity index (χ0) is 11.3. The molecule has 1 fully saturated rings. The summed E-state index contributed by atoms with van der Waals surface area (Å²) in [5.41, 5.74) is 0. The summed E-state index contributed by atoms with van der Waals surface area (Å²) in [5.74, 6) is -0.594. The summed E-state index contributed by atoms with van der Waals surface area (Å²) in [5, 5.41) is 0. The van der Waals surface area contributed by atoms with Gasteiger partial charge in [-0.15, -0.1) is 0 Å². The number of carbonyl (C=O) groups excluding carboxylic acids is 1. The molecule has 0 aromatic carbocycles. The molecule has 1 N–H and O–H groups in total. The highest BCUT2D eigenvalue weighted by atomic mass is 32.2. The summed E-state index contributed by atoms with van der Waals surface area (Å²) in [7, 11) is -3.93. The van der Waals surface area contributed by atoms with Crippen molar-refractivity contribution in [3.8, 4) is 0 Å². The van der Waals surface area contributed by atoms with E-state index in [9.17, 15) is 13.2 Å². The van der Waals surface area contributed by atoms with Gasteiger partial charge in [0.1, 0.15) is 0 Å². The van der Waals surface area contributed by atoms with Gasteiger partial charge in [-0.25, -0.2) is 0 Å². The van der Waals surface area contributed by atoms with Crippen LogP contribution in [-0.4, -0.2) is 31.3 Å². The minimum atomic E-state index is -3.93. The van der Waals surface area contributed by atoms with E-state index in [2.05, 4.69) is 0 Å². The van der Waals surface area contributed by atoms with Crippen LogP contribution in [0.1, 0.15) is 32.1 Å². The number of hydrogen-bond donors (Lipinski definition) is 1. The van der Waals surface area contributed by atoms with Crippen LogP contribution in [0.5, 0.6) is 0 Å². The highest BCUT2D eigenvalue weighted by Gasteiger charge is 2.23. The molecule has 0 unspecified atom stereocenters. The number of rotatable bonds is 5. The second-order valence-electron chi connectivity index (χ2n) is 3.79. The number of ether oxygens (including phenoxy) is 1. The van der Waals surface area contributed by atoms with E-state index in [4.69, 9.17) is 9.29 Å². The largest absolute Gasteiger partial charge is 0.465 e. The van der Waals surface area contributed by atoms with Crippen LogP contribution < -0.4 is 0 Å². The van der Waals surface area contributed by atoms with Gasteiger partial charge >= 0.3 is 5.97 Å². The molecule has 0 atom stereocenters. The summed E-state index contributed by atoms with van der Waals surface area (Å²) in [6.45, 7) is 0.0646. The fraction of sp³-hybridized carbons (Fsp3) is 0.889. The monoisotopic (exact) mass is 236 g/mol. The Balaban J connectivity index is 2.12. The minimum Gasteiger partial charge on any atom is -0.465 e. The molecule has 1 saturated carbocycles. The van der Waals surface area contributed by atoms with E-state index in [1.165, 1.54) is 0 Å². The van der Waals surface area contributed by atoms with E-state index in [-0.39, 0.29) is 30.7 Å². The molecule has 0 amide bonds. The predicted octanol–water partition coefficient (Wildman–Crippen LogP) is 0.998. The van der Waals surface area contributed by atoms with Gasteiger partial charge in [-0.1, -0.05) is 12.8 Å². The van der Waals surface area contributed by atoms with Crippen LogP contribution >= 0.6 is 0 Å². The molecule has 0 radical (unpaired) electrons. The number of hydrogen-bond acceptors (Lipinski definition) is 4. The van der Waals surface area contributed by atoms with Crippen LogP contribution in [0.4, 0.5) is 0 Å². The van der Waals surface area contributed by atoms with Gasteiger partial charge in [0.05, 0.1) is 18.3 Å². The summed E-state index contributed by atoms with van der Waals surface area (Å²) < 4.78 is 34.0. The molecule has 5 nitrogen and oxygen atoms in total. The first-order valence-corrected chi connectivity index (χ1v) is 6.72. The Hall–Kier alpha value is -0.620. The maximum Gasteiger partial charge on any atom is 0.308 e. The van der Waals surface area contributed by atoms with Gasteiger partial charge in [0.15, 0.2) is 0 Å². The van der Waals surface area contributed by atoms with Gasteiger partial charge in [-0.3, -0.25) is 9.35 Å². The predicted molar refractivity (Wildman–Crippen MR) is 53.9 cm³/mol. The summed E-state index contributed by atoms with van der Waals surface area (Å²) >= 11 is 0. The van der Waals surface area contributed by atoms with E-state index >= 15 is 0 Å². The zero-order valence-corrected chi connectivity index (χ0v) is 9.33. The molecule has 6 heteroatoms. The van der Waals surface area contributed by atoms with Crippen molar-refractivity contribution < 1.29 is 22.5 Å². The molecule has 1 aliphatic rings. The van der Waals surface area contributed by atoms with Crippen molar-refractivity contribution in [2.24, 2.45) is 5.92 Å². The SMILES string of the molecule is O=C(OCCCS(=O)(=O)O)C1CCCC1. The van der Waals surface area contributed by atoms with Gasteiger partial charge in [0.25, 0.3) is 10.1 Å². The lowest BCUT2D eigenvalue weighted by atomic mass is 10.1. The first kappa shape index (κ1) is 12.4. The molecular weight excluding hydrogens is 220 g/mol. The highest BCUT2D eigenvalue weighted by Crippen LogP contribution is 2.25. The lowest BCUT2D eigenvalue weighted by molar-refractivity contribution is -0.148. The Kier molecular flexibility index (Phi) is 4.53. The molecule has 0 aliphatic heterocycles. The fourth-order valence-corrected chi connectivity index (χ4v) is 2.18. The Bertz CT molecular complexity index is 302. The molecule has 0 bridgehead atoms. The first-order valence-electron chi connectivity index (χ1n) is 5.11. The third-order valence-corrected chi connectivity index (χ3v) is 3.28. The van der Waals surface area contributed by atoms with Crippen LogP contribution in [0.15, 0.2) is 0 Å². The number of esters is 1. The first-order chi connectivity index (χ1) is 6.99. The molecular formula is C9H16O5S. The zero-order valence-electron chi connectivity index (χ0n) is 8.52. The Morgan fingerprint density at radius 3 is 2.47 bits per heavy atom. The Labute approximate surface area is 89.6 Å². The average molecular weight is 236 g/mol. The van der Waals surface area contributed by atoms with Gasteiger partial charge in [-0.2, -0.15) is 8.42 Å². The molecule has 0 spiro atoms. The van der Waals surface area contributed by atoms with Crippen LogP contribution in [0, 0.1) is 5.92 Å². The Morgan fingerprint density at radius 2 is 1.93 bits per heavy atom. The van der Waals surface area contributed by atoms with Gasteiger partial charge in [0.2, 0.25) is 0 Å². The molecule has 0 heterocycles. The van der Waals surface area contributed by atoms with Crippen molar-refractivity contribution in [1.82, 2.24) is 0 Å². The van der Waals surface area contributed by atoms with Crippen LogP contribution in [0.25, 0.3) is 0 Å². The van der Waals surface area contributed by atoms with E-state index in [1.807, 2.05) is 0 Å². The van der Waals surface area contributed by atoms with E-state index < -0.39 is 10.1 Å². The third-order valence-electron chi connectivity index (χ3n) is 2.48. The topological polar surface area (TPSA) is 80.7 Å². The third kappa shape index (κ3) is 5.13. The van der Waals surface area contributed by atoms with Crippen molar-refractivity contribution in [2.75, 3.05) is 12.4 Å². The quantitative estimate of drug-likeness (QED) is 0.437. The van der Waals surface area contributed by atoms with Crippen molar-refractivity contribution in [3.63, 3.8) is 0 Å². The molecule has 0 aromatic heterocycles. The van der Waals surface area contributed by atoms with E-state index in [0.29, 0.717) is 0 Å². The molecule has 1 rings (SSSR count). The van der Waals surface area contributed by atoms with E-state index in [1.54, 1.807) is 0 Å². The minimum absolute atomic E-state index is 0.00395. The maximum atomic E-state index is 11.3. The van der Waals surface area contributed by atoms with Crippen molar-refractivity contribution in [2.45, 2.75) is 32.1 Å². The molecule has 0 aromatic rings. The highest BCUT2D eigenvalue weighted by molar-refractivity contribution is 7.85. The summed E-state index contributed by atoms with van der Waals surface area (Å²) in [6.07, 6.45) is 4.02. The number of carbonyl (C=O) groups is 1. The average Bonchev–Trinajstić information content (AvgIpc) is 2.63. The second kappa shape index (κ2) is 5.46. The van der Waals surface area contributed by atoms with Crippen LogP contribution in [-0.2, 0) is 19.6 Å². The van der Waals surface area contributed by atoms with Crippen LogP contribution in [0.3, 0.4) is 0 Å². The lowest BCUT2D eigenvalue weighted by Crippen LogP contribution is -2.16. The molecule has 15 heavy (non-hydrogen) atoms. The summed E-state index contributed by atoms with van der Waals surface area (Å²) in [6, 6.07) is 0. The lowest BCUT2D eigenvalue weighted by Gasteiger charge is -2.08. The summed E-state index contributed by atoms with van der Waals surface area (Å²) in [4.78, 5) is 11.3. The standard InChI is InChI=1S/C9H16O5S/c10-9(8-4-1-2-5-8)14-6-3-7-15(11,12)13/h8H,1-7H2,(H,11,12,13). The van der Waals surface area contributed by atoms with Gasteiger partial charge in [0, 0.05) is 0 Å². The molecule has 88 valence electrons. The van der Waals surface area contributed by atoms with Crippen molar-refractivity contribution in [1.29, 1.82) is 0 Å². The fourth-order valence-electron chi connectivity index (χ4n) is 1.69.